The maximum Gasteiger partial charge on any atom is 0.303 e. The topological polar surface area (TPSA) is 104 Å². The van der Waals surface area contributed by atoms with Crippen molar-refractivity contribution in [3.63, 3.8) is 0 Å². The fourth-order valence-corrected chi connectivity index (χ4v) is 6.34. The number of carbonyl (C=O) groups is 2. The molecule has 9 heteroatoms. The van der Waals surface area contributed by atoms with Crippen LogP contribution in [0.25, 0.3) is 0 Å². The first-order valence-corrected chi connectivity index (χ1v) is 9.10. The smallest absolute Gasteiger partial charge is 0.303 e. The Morgan fingerprint density at radius 1 is 1.43 bits per heavy atom. The SMILES string of the molecule is C=CCN1C(=NC(=O)CCC(=O)O)S[C@@H]2CS(=O)(=O)C[C@H]21. The number of carboxylic acid groups (broad SMARTS) is 1. The molecule has 2 aliphatic rings. The number of carboxylic acids is 1. The molecule has 0 aliphatic carbocycles. The molecule has 0 bridgehead atoms. The van der Waals surface area contributed by atoms with E-state index in [-0.39, 0.29) is 35.6 Å². The lowest BCUT2D eigenvalue weighted by atomic mass is 10.2. The molecule has 2 rings (SSSR count). The van der Waals surface area contributed by atoms with Gasteiger partial charge in [0.05, 0.1) is 24.0 Å². The van der Waals surface area contributed by atoms with Crippen LogP contribution in [0.1, 0.15) is 12.8 Å². The molecule has 1 N–H and O–H groups in total. The zero-order valence-electron chi connectivity index (χ0n) is 11.3. The van der Waals surface area contributed by atoms with E-state index in [4.69, 9.17) is 5.11 Å². The van der Waals surface area contributed by atoms with Gasteiger partial charge >= 0.3 is 5.97 Å². The van der Waals surface area contributed by atoms with Crippen LogP contribution in [0.2, 0.25) is 0 Å². The molecule has 0 saturated carbocycles. The second-order valence-corrected chi connectivity index (χ2v) is 8.28. The van der Waals surface area contributed by atoms with Crippen molar-refractivity contribution in [1.29, 1.82) is 0 Å². The van der Waals surface area contributed by atoms with E-state index in [2.05, 4.69) is 11.6 Å². The molecule has 0 radical (unpaired) electrons. The largest absolute Gasteiger partial charge is 0.481 e. The molecule has 0 aromatic carbocycles. The fourth-order valence-electron chi connectivity index (χ4n) is 2.36. The Labute approximate surface area is 127 Å². The number of sulfone groups is 1. The van der Waals surface area contributed by atoms with Crippen molar-refractivity contribution in [2.24, 2.45) is 4.99 Å². The van der Waals surface area contributed by atoms with Gasteiger partial charge in [0.25, 0.3) is 0 Å². The second kappa shape index (κ2) is 6.18. The summed E-state index contributed by atoms with van der Waals surface area (Å²) in [6.07, 6.45) is 1.21. The number of thioether (sulfide) groups is 1. The summed E-state index contributed by atoms with van der Waals surface area (Å²) in [7, 11) is -3.04. The van der Waals surface area contributed by atoms with Gasteiger partial charge in [-0.3, -0.25) is 9.59 Å². The molecule has 7 nitrogen and oxygen atoms in total. The third-order valence-electron chi connectivity index (χ3n) is 3.27. The number of nitrogens with zero attached hydrogens (tertiary/aromatic N) is 2. The van der Waals surface area contributed by atoms with Crippen LogP contribution in [-0.4, -0.2) is 64.8 Å². The van der Waals surface area contributed by atoms with Crippen LogP contribution in [0, 0.1) is 0 Å². The van der Waals surface area contributed by atoms with Crippen molar-refractivity contribution in [2.45, 2.75) is 24.1 Å². The van der Waals surface area contributed by atoms with Crippen LogP contribution in [-0.2, 0) is 19.4 Å². The molecule has 2 atom stereocenters. The number of amidine groups is 1. The standard InChI is InChI=1S/C12H16N2O5S2/c1-2-5-14-8-6-21(18,19)7-9(8)20-12(14)13-10(15)3-4-11(16)17/h2,8-9H,1,3-7H2,(H,16,17)/t8-,9-/m1/s1. The number of amides is 1. The summed E-state index contributed by atoms with van der Waals surface area (Å²) in [5.41, 5.74) is 0. The van der Waals surface area contributed by atoms with E-state index < -0.39 is 21.7 Å². The summed E-state index contributed by atoms with van der Waals surface area (Å²) in [6.45, 7) is 4.04. The van der Waals surface area contributed by atoms with Gasteiger partial charge in [0.15, 0.2) is 15.0 Å². The summed E-state index contributed by atoms with van der Waals surface area (Å²) >= 11 is 1.27. The molecule has 2 fully saturated rings. The lowest BCUT2D eigenvalue weighted by molar-refractivity contribution is -0.138. The number of hydrogen-bond donors (Lipinski definition) is 1. The van der Waals surface area contributed by atoms with E-state index in [0.717, 1.165) is 0 Å². The Kier molecular flexibility index (Phi) is 4.72. The molecule has 0 unspecified atom stereocenters. The normalized spacial score (nSPS) is 28.6. The van der Waals surface area contributed by atoms with Gasteiger partial charge in [-0.1, -0.05) is 17.8 Å². The van der Waals surface area contributed by atoms with Gasteiger partial charge in [-0.05, 0) is 0 Å². The maximum atomic E-state index is 11.7. The van der Waals surface area contributed by atoms with Gasteiger partial charge < -0.3 is 10.0 Å². The van der Waals surface area contributed by atoms with E-state index in [1.807, 2.05) is 0 Å². The number of hydrogen-bond acceptors (Lipinski definition) is 5. The van der Waals surface area contributed by atoms with Gasteiger partial charge in [0.1, 0.15) is 0 Å². The highest BCUT2D eigenvalue weighted by Gasteiger charge is 2.48. The highest BCUT2D eigenvalue weighted by Crippen LogP contribution is 2.37. The third kappa shape index (κ3) is 3.85. The molecule has 0 aromatic heterocycles. The Morgan fingerprint density at radius 3 is 2.76 bits per heavy atom. The van der Waals surface area contributed by atoms with Crippen molar-refractivity contribution >= 4 is 38.6 Å². The quantitative estimate of drug-likeness (QED) is 0.714. The molecular weight excluding hydrogens is 316 g/mol. The van der Waals surface area contributed by atoms with Gasteiger partial charge in [-0.15, -0.1) is 6.58 Å². The zero-order valence-corrected chi connectivity index (χ0v) is 12.9. The van der Waals surface area contributed by atoms with Crippen molar-refractivity contribution in [3.05, 3.63) is 12.7 Å². The molecule has 2 heterocycles. The van der Waals surface area contributed by atoms with Gasteiger partial charge in [0.2, 0.25) is 5.91 Å². The van der Waals surface area contributed by atoms with Gasteiger partial charge in [0, 0.05) is 18.2 Å². The first kappa shape index (κ1) is 16.0. The lowest BCUT2D eigenvalue weighted by Gasteiger charge is -2.22. The first-order chi connectivity index (χ1) is 9.82. The van der Waals surface area contributed by atoms with E-state index >= 15 is 0 Å². The molecule has 2 aliphatic heterocycles. The van der Waals surface area contributed by atoms with Crippen LogP contribution >= 0.6 is 11.8 Å². The van der Waals surface area contributed by atoms with E-state index in [0.29, 0.717) is 11.7 Å². The number of carbonyl (C=O) groups excluding carboxylic acids is 1. The Hall–Kier alpha value is -1.35. The molecule has 1 amide bonds. The molecule has 0 aromatic rings. The molecular formula is C12H16N2O5S2. The van der Waals surface area contributed by atoms with Crippen LogP contribution in [0.4, 0.5) is 0 Å². The molecule has 0 spiro atoms. The summed E-state index contributed by atoms with van der Waals surface area (Å²) in [4.78, 5) is 27.8. The summed E-state index contributed by atoms with van der Waals surface area (Å²) in [5.74, 6) is -1.41. The predicted molar refractivity (Wildman–Crippen MR) is 80.0 cm³/mol. The highest BCUT2D eigenvalue weighted by molar-refractivity contribution is 8.15. The molecule has 21 heavy (non-hydrogen) atoms. The third-order valence-corrected chi connectivity index (χ3v) is 6.52. The summed E-state index contributed by atoms with van der Waals surface area (Å²) in [6, 6.07) is -0.191. The highest BCUT2D eigenvalue weighted by atomic mass is 32.2. The maximum absolute atomic E-state index is 11.7. The first-order valence-electron chi connectivity index (χ1n) is 6.40. The molecule has 116 valence electrons. The lowest BCUT2D eigenvalue weighted by Crippen LogP contribution is -2.37. The van der Waals surface area contributed by atoms with Crippen molar-refractivity contribution in [3.8, 4) is 0 Å². The average Bonchev–Trinajstić information content (AvgIpc) is 2.81. The van der Waals surface area contributed by atoms with E-state index in [9.17, 15) is 18.0 Å². The fraction of sp³-hybridized carbons (Fsp3) is 0.583. The van der Waals surface area contributed by atoms with Gasteiger partial charge in [-0.2, -0.15) is 4.99 Å². The monoisotopic (exact) mass is 332 g/mol. The van der Waals surface area contributed by atoms with Crippen molar-refractivity contribution < 1.29 is 23.1 Å². The average molecular weight is 332 g/mol. The predicted octanol–water partition coefficient (Wildman–Crippen LogP) is 0.134. The molecule has 2 saturated heterocycles. The minimum Gasteiger partial charge on any atom is -0.481 e. The van der Waals surface area contributed by atoms with Crippen LogP contribution in [0.3, 0.4) is 0 Å². The number of rotatable bonds is 5. The Bertz CT molecular complexity index is 599. The summed E-state index contributed by atoms with van der Waals surface area (Å²) < 4.78 is 23.3. The van der Waals surface area contributed by atoms with E-state index in [1.54, 1.807) is 11.0 Å². The Morgan fingerprint density at radius 2 is 2.14 bits per heavy atom. The van der Waals surface area contributed by atoms with Crippen molar-refractivity contribution in [1.82, 2.24) is 4.90 Å². The number of aliphatic imine (C=N–C) groups is 1. The minimum atomic E-state index is -3.04. The number of aliphatic carboxylic acids is 1. The summed E-state index contributed by atoms with van der Waals surface area (Å²) in [5, 5.41) is 8.90. The zero-order chi connectivity index (χ0) is 15.6. The van der Waals surface area contributed by atoms with Crippen LogP contribution in [0.5, 0.6) is 0 Å². The van der Waals surface area contributed by atoms with Gasteiger partial charge in [-0.25, -0.2) is 8.42 Å². The van der Waals surface area contributed by atoms with Crippen LogP contribution < -0.4 is 0 Å². The number of fused-ring (bicyclic) bond motifs is 1. The van der Waals surface area contributed by atoms with Crippen molar-refractivity contribution in [2.75, 3.05) is 18.1 Å². The Balaban J connectivity index is 2.12. The van der Waals surface area contributed by atoms with Crippen LogP contribution in [0.15, 0.2) is 17.6 Å². The second-order valence-electron chi connectivity index (χ2n) is 4.92. The van der Waals surface area contributed by atoms with E-state index in [1.165, 1.54) is 11.8 Å². The minimum absolute atomic E-state index is 0.0564.